The molecule has 2 aromatic carbocycles. The van der Waals surface area contributed by atoms with Crippen LogP contribution in [0.5, 0.6) is 0 Å². The first-order valence-electron chi connectivity index (χ1n) is 13.7. The van der Waals surface area contributed by atoms with Crippen molar-refractivity contribution >= 4 is 23.5 Å². The largest absolute Gasteiger partial charge is 0.378 e. The van der Waals surface area contributed by atoms with Crippen LogP contribution in [0.1, 0.15) is 18.2 Å². The fourth-order valence-corrected chi connectivity index (χ4v) is 5.06. The maximum Gasteiger partial charge on any atom is 0.319 e. The van der Waals surface area contributed by atoms with Gasteiger partial charge < -0.3 is 25.2 Å². The summed E-state index contributed by atoms with van der Waals surface area (Å²) in [5.74, 6) is 2.33. The number of carbonyl (C=O) groups excluding carboxylic acids is 1. The highest BCUT2D eigenvalue weighted by Crippen LogP contribution is 2.32. The average Bonchev–Trinajstić information content (AvgIpc) is 3.01. The zero-order chi connectivity index (χ0) is 27.3. The number of morpholine rings is 1. The van der Waals surface area contributed by atoms with Gasteiger partial charge in [-0.1, -0.05) is 30.3 Å². The summed E-state index contributed by atoms with van der Waals surface area (Å²) >= 11 is 0. The lowest BCUT2D eigenvalue weighted by Gasteiger charge is -2.34. The van der Waals surface area contributed by atoms with Gasteiger partial charge in [0.2, 0.25) is 5.95 Å². The molecule has 6 rings (SSSR count). The second kappa shape index (κ2) is 11.7. The number of nitrogens with zero attached hydrogens (tertiary/aromatic N) is 6. The lowest BCUT2D eigenvalue weighted by Crippen LogP contribution is -2.40. The molecule has 0 atom stereocenters. The van der Waals surface area contributed by atoms with Crippen molar-refractivity contribution in [3.05, 3.63) is 78.1 Å². The summed E-state index contributed by atoms with van der Waals surface area (Å²) in [6.45, 7) is 6.78. The molecule has 4 aromatic rings. The summed E-state index contributed by atoms with van der Waals surface area (Å²) in [4.78, 5) is 36.0. The van der Waals surface area contributed by atoms with Crippen molar-refractivity contribution in [1.29, 1.82) is 0 Å². The zero-order valence-corrected chi connectivity index (χ0v) is 22.5. The predicted molar refractivity (Wildman–Crippen MR) is 155 cm³/mol. The molecule has 2 aliphatic rings. The van der Waals surface area contributed by atoms with E-state index in [2.05, 4.69) is 37.6 Å². The summed E-state index contributed by atoms with van der Waals surface area (Å²) in [6.07, 6.45) is 2.62. The average molecular weight is 537 g/mol. The minimum Gasteiger partial charge on any atom is -0.378 e. The Hall–Kier alpha value is -4.57. The van der Waals surface area contributed by atoms with Crippen LogP contribution in [0.2, 0.25) is 0 Å². The highest BCUT2D eigenvalue weighted by molar-refractivity contribution is 5.89. The van der Waals surface area contributed by atoms with Crippen LogP contribution < -0.4 is 20.4 Å². The van der Waals surface area contributed by atoms with E-state index in [0.717, 1.165) is 54.4 Å². The van der Waals surface area contributed by atoms with Gasteiger partial charge in [-0.25, -0.2) is 24.7 Å². The molecule has 2 aliphatic heterocycles. The summed E-state index contributed by atoms with van der Waals surface area (Å²) in [7, 11) is 0. The van der Waals surface area contributed by atoms with E-state index in [1.54, 1.807) is 0 Å². The molecule has 0 spiro atoms. The molecule has 0 aliphatic carbocycles. The van der Waals surface area contributed by atoms with Gasteiger partial charge >= 0.3 is 6.03 Å². The first-order chi connectivity index (χ1) is 19.7. The van der Waals surface area contributed by atoms with Crippen LogP contribution in [0.25, 0.3) is 22.6 Å². The number of anilines is 3. The molecule has 2 amide bonds. The summed E-state index contributed by atoms with van der Waals surface area (Å²) in [5.41, 5.74) is 5.72. The van der Waals surface area contributed by atoms with E-state index in [1.807, 2.05) is 61.7 Å². The van der Waals surface area contributed by atoms with E-state index in [-0.39, 0.29) is 6.03 Å². The van der Waals surface area contributed by atoms with Crippen molar-refractivity contribution in [3.8, 4) is 22.6 Å². The number of carbonyl (C=O) groups is 1. The summed E-state index contributed by atoms with van der Waals surface area (Å²) < 4.78 is 5.62. The molecular weight excluding hydrogens is 504 g/mol. The standard InChI is InChI=1S/C30H32N8O2/c1-2-31-30(39)33-23-10-8-22(9-11-23)27-34-26-20-38(15-13-24(26)28(36-27)37-16-18-40-19-17-37)29-32-14-12-25(35-29)21-6-4-3-5-7-21/h3-12,14H,2,13,15-20H2,1H3,(H2,31,33,39). The van der Waals surface area contributed by atoms with Crippen LogP contribution >= 0.6 is 0 Å². The number of rotatable bonds is 6. The van der Waals surface area contributed by atoms with Crippen LogP contribution in [0.15, 0.2) is 66.9 Å². The Morgan fingerprint density at radius 3 is 2.48 bits per heavy atom. The molecule has 40 heavy (non-hydrogen) atoms. The topological polar surface area (TPSA) is 108 Å². The van der Waals surface area contributed by atoms with Crippen molar-refractivity contribution in [2.24, 2.45) is 0 Å². The van der Waals surface area contributed by atoms with Gasteiger partial charge in [0.25, 0.3) is 0 Å². The van der Waals surface area contributed by atoms with Crippen LogP contribution in [0, 0.1) is 0 Å². The third-order valence-corrected chi connectivity index (χ3v) is 7.09. The first kappa shape index (κ1) is 25.7. The van der Waals surface area contributed by atoms with Crippen LogP contribution in [-0.2, 0) is 17.7 Å². The van der Waals surface area contributed by atoms with E-state index in [9.17, 15) is 4.79 Å². The number of nitrogens with one attached hydrogen (secondary N) is 2. The quantitative estimate of drug-likeness (QED) is 0.379. The molecule has 10 heteroatoms. The minimum absolute atomic E-state index is 0.228. The van der Waals surface area contributed by atoms with Gasteiger partial charge in [0.05, 0.1) is 31.1 Å². The lowest BCUT2D eigenvalue weighted by molar-refractivity contribution is 0.122. The van der Waals surface area contributed by atoms with Gasteiger partial charge in [-0.15, -0.1) is 0 Å². The van der Waals surface area contributed by atoms with Crippen molar-refractivity contribution in [2.45, 2.75) is 19.9 Å². The number of hydrogen-bond donors (Lipinski definition) is 2. The molecule has 0 saturated carbocycles. The number of fused-ring (bicyclic) bond motifs is 1. The SMILES string of the molecule is CCNC(=O)Nc1ccc(-c2nc3c(c(N4CCOCC4)n2)CCN(c2nccc(-c4ccccc4)n2)C3)cc1. The van der Waals surface area contributed by atoms with Gasteiger partial charge in [-0.3, -0.25) is 0 Å². The van der Waals surface area contributed by atoms with Crippen LogP contribution in [0.3, 0.4) is 0 Å². The third kappa shape index (κ3) is 5.57. The van der Waals surface area contributed by atoms with Gasteiger partial charge in [0, 0.05) is 54.8 Å². The van der Waals surface area contributed by atoms with Gasteiger partial charge in [-0.2, -0.15) is 0 Å². The number of urea groups is 1. The molecule has 2 N–H and O–H groups in total. The summed E-state index contributed by atoms with van der Waals surface area (Å²) in [5, 5.41) is 5.58. The second-order valence-electron chi connectivity index (χ2n) is 9.74. The van der Waals surface area contributed by atoms with Crippen molar-refractivity contribution in [2.75, 3.05) is 54.5 Å². The zero-order valence-electron chi connectivity index (χ0n) is 22.5. The maximum absolute atomic E-state index is 11.9. The normalized spacial score (nSPS) is 14.9. The Bertz CT molecular complexity index is 1470. The van der Waals surface area contributed by atoms with Gasteiger partial charge in [-0.05, 0) is 43.7 Å². The fourth-order valence-electron chi connectivity index (χ4n) is 5.06. The van der Waals surface area contributed by atoms with E-state index < -0.39 is 0 Å². The van der Waals surface area contributed by atoms with Gasteiger partial charge in [0.1, 0.15) is 5.82 Å². The number of ether oxygens (including phenoxy) is 1. The van der Waals surface area contributed by atoms with Crippen molar-refractivity contribution in [3.63, 3.8) is 0 Å². The number of aromatic nitrogens is 4. The smallest absolute Gasteiger partial charge is 0.319 e. The Kier molecular flexibility index (Phi) is 7.49. The maximum atomic E-state index is 11.9. The molecule has 10 nitrogen and oxygen atoms in total. The first-order valence-corrected chi connectivity index (χ1v) is 13.7. The lowest BCUT2D eigenvalue weighted by atomic mass is 10.0. The van der Waals surface area contributed by atoms with E-state index in [1.165, 1.54) is 5.56 Å². The minimum atomic E-state index is -0.228. The fraction of sp³-hybridized carbons (Fsp3) is 0.300. The Labute approximate surface area is 233 Å². The number of hydrogen-bond acceptors (Lipinski definition) is 8. The van der Waals surface area contributed by atoms with Gasteiger partial charge in [0.15, 0.2) is 5.82 Å². The second-order valence-corrected chi connectivity index (χ2v) is 9.74. The highest BCUT2D eigenvalue weighted by atomic mass is 16.5. The molecule has 204 valence electrons. The molecule has 2 aromatic heterocycles. The Morgan fingerprint density at radius 1 is 0.900 bits per heavy atom. The van der Waals surface area contributed by atoms with E-state index in [0.29, 0.717) is 43.8 Å². The molecule has 4 heterocycles. The van der Waals surface area contributed by atoms with E-state index in [4.69, 9.17) is 19.7 Å². The Balaban J connectivity index is 1.32. The predicted octanol–water partition coefficient (Wildman–Crippen LogP) is 4.14. The number of amides is 2. The van der Waals surface area contributed by atoms with Crippen molar-refractivity contribution < 1.29 is 9.53 Å². The molecule has 0 bridgehead atoms. The molecule has 0 radical (unpaired) electrons. The van der Waals surface area contributed by atoms with Crippen LogP contribution in [0.4, 0.5) is 22.2 Å². The molecule has 1 fully saturated rings. The third-order valence-electron chi connectivity index (χ3n) is 7.09. The highest BCUT2D eigenvalue weighted by Gasteiger charge is 2.27. The number of benzene rings is 2. The van der Waals surface area contributed by atoms with Crippen molar-refractivity contribution in [1.82, 2.24) is 25.3 Å². The van der Waals surface area contributed by atoms with Crippen LogP contribution in [-0.4, -0.2) is 65.4 Å². The van der Waals surface area contributed by atoms with E-state index >= 15 is 0 Å². The summed E-state index contributed by atoms with van der Waals surface area (Å²) in [6, 6.07) is 19.5. The molecule has 1 saturated heterocycles. The monoisotopic (exact) mass is 536 g/mol. The molecule has 0 unspecified atom stereocenters. The molecular formula is C30H32N8O2. The Morgan fingerprint density at radius 2 is 1.70 bits per heavy atom.